The van der Waals surface area contributed by atoms with Gasteiger partial charge < -0.3 is 0 Å². The van der Waals surface area contributed by atoms with Crippen LogP contribution in [0, 0.1) is 6.58 Å². The second-order valence-corrected chi connectivity index (χ2v) is 2.62. The third kappa shape index (κ3) is 0.903. The minimum absolute atomic E-state index is 0.989. The zero-order valence-corrected chi connectivity index (χ0v) is 6.17. The van der Waals surface area contributed by atoms with Crippen molar-refractivity contribution in [1.82, 2.24) is 4.98 Å². The maximum absolute atomic E-state index is 5.33. The van der Waals surface area contributed by atoms with Gasteiger partial charge in [0.1, 0.15) is 0 Å². The molecule has 0 fully saturated rings. The molecule has 1 aromatic heterocycles. The molecule has 0 bridgehead atoms. The summed E-state index contributed by atoms with van der Waals surface area (Å²) < 4.78 is 0. The van der Waals surface area contributed by atoms with Gasteiger partial charge >= 0.3 is 0 Å². The van der Waals surface area contributed by atoms with E-state index in [0.717, 1.165) is 24.1 Å². The van der Waals surface area contributed by atoms with E-state index in [1.54, 1.807) is 0 Å². The van der Waals surface area contributed by atoms with Crippen LogP contribution in [-0.4, -0.2) is 4.98 Å². The van der Waals surface area contributed by atoms with Crippen molar-refractivity contribution in [1.29, 1.82) is 0 Å². The third-order valence-corrected chi connectivity index (χ3v) is 2.00. The van der Waals surface area contributed by atoms with E-state index >= 15 is 0 Å². The Bertz CT molecular complexity index is 332. The molecule has 1 aromatic rings. The minimum atomic E-state index is 0.989. The molecule has 0 spiro atoms. The van der Waals surface area contributed by atoms with Crippen LogP contribution in [0.5, 0.6) is 0 Å². The van der Waals surface area contributed by atoms with Crippen molar-refractivity contribution in [2.45, 2.75) is 12.8 Å². The molecule has 1 aliphatic rings. The lowest BCUT2D eigenvalue weighted by Gasteiger charge is -1.94. The Morgan fingerprint density at radius 2 is 2.36 bits per heavy atom. The first-order valence-electron chi connectivity index (χ1n) is 3.68. The molecule has 1 aliphatic carbocycles. The first kappa shape index (κ1) is 6.38. The van der Waals surface area contributed by atoms with Gasteiger partial charge in [-0.05, 0) is 25.5 Å². The smallest absolute Gasteiger partial charge is 0.0488 e. The van der Waals surface area contributed by atoms with Gasteiger partial charge in [-0.2, -0.15) is 0 Å². The molecule has 11 heavy (non-hydrogen) atoms. The minimum Gasteiger partial charge on any atom is -0.261 e. The largest absolute Gasteiger partial charge is 0.261 e. The van der Waals surface area contributed by atoms with Crippen LogP contribution >= 0.6 is 0 Å². The highest BCUT2D eigenvalue weighted by atomic mass is 14.7. The first-order chi connectivity index (χ1) is 5.42. The van der Waals surface area contributed by atoms with Gasteiger partial charge in [-0.3, -0.25) is 4.98 Å². The van der Waals surface area contributed by atoms with Gasteiger partial charge in [-0.1, -0.05) is 6.07 Å². The normalized spacial score (nSPS) is 14.4. The van der Waals surface area contributed by atoms with Crippen LogP contribution in [0.4, 0.5) is 0 Å². The number of rotatable bonds is 0. The van der Waals surface area contributed by atoms with Crippen LogP contribution in [-0.2, 0) is 6.42 Å². The van der Waals surface area contributed by atoms with E-state index in [1.165, 1.54) is 5.56 Å². The van der Waals surface area contributed by atoms with Gasteiger partial charge in [0.15, 0.2) is 0 Å². The maximum atomic E-state index is 5.33. The Morgan fingerprint density at radius 1 is 1.45 bits per heavy atom. The van der Waals surface area contributed by atoms with Crippen LogP contribution in [0.15, 0.2) is 24.1 Å². The molecule has 0 unspecified atom stereocenters. The van der Waals surface area contributed by atoms with Crippen molar-refractivity contribution in [3.63, 3.8) is 0 Å². The lowest BCUT2D eigenvalue weighted by Crippen LogP contribution is -1.83. The molecule has 0 saturated heterocycles. The van der Waals surface area contributed by atoms with Gasteiger partial charge in [-0.25, -0.2) is 0 Å². The lowest BCUT2D eigenvalue weighted by atomic mass is 10.1. The number of aromatic nitrogens is 1. The highest BCUT2D eigenvalue weighted by Crippen LogP contribution is 2.28. The van der Waals surface area contributed by atoms with Crippen LogP contribution < -0.4 is 0 Å². The maximum Gasteiger partial charge on any atom is 0.0488 e. The van der Waals surface area contributed by atoms with Crippen molar-refractivity contribution >= 4 is 5.57 Å². The Hall–Kier alpha value is -1.33. The predicted molar refractivity (Wildman–Crippen MR) is 43.8 cm³/mol. The van der Waals surface area contributed by atoms with E-state index < -0.39 is 0 Å². The summed E-state index contributed by atoms with van der Waals surface area (Å²) in [5.41, 5.74) is 6.13. The fourth-order valence-electron chi connectivity index (χ4n) is 1.44. The summed E-state index contributed by atoms with van der Waals surface area (Å²) in [6.07, 6.45) is 3.82. The quantitative estimate of drug-likeness (QED) is 0.505. The van der Waals surface area contributed by atoms with E-state index in [4.69, 9.17) is 6.58 Å². The summed E-state index contributed by atoms with van der Waals surface area (Å²) in [5.74, 6) is 0. The van der Waals surface area contributed by atoms with Gasteiger partial charge in [0, 0.05) is 23.0 Å². The molecule has 1 heterocycles. The van der Waals surface area contributed by atoms with Crippen LogP contribution in [0.1, 0.15) is 17.7 Å². The van der Waals surface area contributed by atoms with E-state index in [-0.39, 0.29) is 0 Å². The molecule has 0 N–H and O–H groups in total. The summed E-state index contributed by atoms with van der Waals surface area (Å²) >= 11 is 0. The number of fused-ring (bicyclic) bond motifs is 1. The average molecular weight is 142 g/mol. The molecule has 0 atom stereocenters. The van der Waals surface area contributed by atoms with Crippen molar-refractivity contribution in [3.8, 4) is 0 Å². The summed E-state index contributed by atoms with van der Waals surface area (Å²) in [7, 11) is 0. The Morgan fingerprint density at radius 3 is 3.18 bits per heavy atom. The summed E-state index contributed by atoms with van der Waals surface area (Å²) in [6, 6.07) is 3.98. The molecular weight excluding hydrogens is 134 g/mol. The monoisotopic (exact) mass is 142 g/mol. The van der Waals surface area contributed by atoms with Gasteiger partial charge in [0.25, 0.3) is 0 Å². The fourth-order valence-corrected chi connectivity index (χ4v) is 1.44. The van der Waals surface area contributed by atoms with E-state index in [9.17, 15) is 0 Å². The molecule has 0 aromatic carbocycles. The molecule has 0 amide bonds. The predicted octanol–water partition coefficient (Wildman–Crippen LogP) is 2.00. The number of pyridine rings is 1. The van der Waals surface area contributed by atoms with Crippen molar-refractivity contribution in [3.05, 3.63) is 41.9 Å². The number of hydrogen-bond acceptors (Lipinski definition) is 1. The molecular formula is C10H8N. The molecule has 2 rings (SSSR count). The van der Waals surface area contributed by atoms with Gasteiger partial charge in [0.05, 0.1) is 0 Å². The second-order valence-electron chi connectivity index (χ2n) is 2.62. The highest BCUT2D eigenvalue weighted by molar-refractivity contribution is 5.70. The number of nitrogens with zero attached hydrogens (tertiary/aromatic N) is 1. The van der Waals surface area contributed by atoms with E-state index in [2.05, 4.69) is 10.7 Å². The molecule has 53 valence electrons. The SMILES string of the molecule is [CH]=C=C1CCc2ncccc21. The molecule has 1 heteroatoms. The fraction of sp³-hybridized carbons (Fsp3) is 0.200. The average Bonchev–Trinajstić information content (AvgIpc) is 2.47. The number of allylic oxidation sites excluding steroid dienone is 1. The van der Waals surface area contributed by atoms with Crippen molar-refractivity contribution in [2.24, 2.45) is 0 Å². The molecule has 0 aliphatic heterocycles. The van der Waals surface area contributed by atoms with E-state index in [0.29, 0.717) is 0 Å². The van der Waals surface area contributed by atoms with Crippen LogP contribution in [0.3, 0.4) is 0 Å². The second kappa shape index (κ2) is 2.37. The summed E-state index contributed by atoms with van der Waals surface area (Å²) in [4.78, 5) is 4.24. The third-order valence-electron chi connectivity index (χ3n) is 2.00. The molecule has 0 saturated carbocycles. The van der Waals surface area contributed by atoms with E-state index in [1.807, 2.05) is 18.3 Å². The summed E-state index contributed by atoms with van der Waals surface area (Å²) in [5, 5.41) is 0. The topological polar surface area (TPSA) is 12.9 Å². The van der Waals surface area contributed by atoms with Gasteiger partial charge in [0.2, 0.25) is 0 Å². The van der Waals surface area contributed by atoms with Crippen molar-refractivity contribution in [2.75, 3.05) is 0 Å². The Labute approximate surface area is 66.1 Å². The van der Waals surface area contributed by atoms with Crippen molar-refractivity contribution < 1.29 is 0 Å². The Balaban J connectivity index is 2.64. The standard InChI is InChI=1S/C10H8N/c1-2-8-5-6-10-9(8)4-3-7-11-10/h1,3-4,7H,5-6H2. The zero-order chi connectivity index (χ0) is 7.68. The van der Waals surface area contributed by atoms with Crippen LogP contribution in [0.25, 0.3) is 5.57 Å². The first-order valence-corrected chi connectivity index (χ1v) is 3.68. The summed E-state index contributed by atoms with van der Waals surface area (Å²) in [6.45, 7) is 5.33. The zero-order valence-electron chi connectivity index (χ0n) is 6.17. The molecule has 1 radical (unpaired) electrons. The Kier molecular flexibility index (Phi) is 1.38. The number of hydrogen-bond donors (Lipinski definition) is 0. The van der Waals surface area contributed by atoms with Crippen LogP contribution in [0.2, 0.25) is 0 Å². The lowest BCUT2D eigenvalue weighted by molar-refractivity contribution is 1.01. The number of aryl methyl sites for hydroxylation is 1. The highest BCUT2D eigenvalue weighted by Gasteiger charge is 2.15. The van der Waals surface area contributed by atoms with Gasteiger partial charge in [-0.15, -0.1) is 5.73 Å². The molecule has 1 nitrogen and oxygen atoms in total.